The lowest BCUT2D eigenvalue weighted by Crippen LogP contribution is -2.14. The molecule has 0 bridgehead atoms. The fourth-order valence-electron chi connectivity index (χ4n) is 1.93. The Balaban J connectivity index is 2.32. The van der Waals surface area contributed by atoms with Crippen molar-refractivity contribution in [2.75, 3.05) is 5.32 Å². The SMILES string of the molecule is Cc1cc(NC(=O)c2c(C)noc2C)c(C)cc1O. The molecule has 0 saturated heterocycles. The minimum atomic E-state index is -0.260. The van der Waals surface area contributed by atoms with Gasteiger partial charge in [0, 0.05) is 5.69 Å². The minimum absolute atomic E-state index is 0.216. The number of hydrogen-bond acceptors (Lipinski definition) is 4. The van der Waals surface area contributed by atoms with Gasteiger partial charge >= 0.3 is 0 Å². The molecular formula is C14H16N2O3. The number of carbonyl (C=O) groups excluding carboxylic acids is 1. The van der Waals surface area contributed by atoms with E-state index < -0.39 is 0 Å². The van der Waals surface area contributed by atoms with E-state index in [1.54, 1.807) is 32.9 Å². The maximum atomic E-state index is 12.2. The molecule has 0 spiro atoms. The summed E-state index contributed by atoms with van der Waals surface area (Å²) in [6, 6.07) is 3.36. The summed E-state index contributed by atoms with van der Waals surface area (Å²) in [6.45, 7) is 7.02. The largest absolute Gasteiger partial charge is 0.508 e. The number of anilines is 1. The molecule has 1 aromatic carbocycles. The Labute approximate surface area is 111 Å². The van der Waals surface area contributed by atoms with Crippen LogP contribution < -0.4 is 5.32 Å². The zero-order chi connectivity index (χ0) is 14.2. The number of aromatic nitrogens is 1. The third-order valence-electron chi connectivity index (χ3n) is 3.05. The molecule has 5 nitrogen and oxygen atoms in total. The molecule has 1 aromatic heterocycles. The number of rotatable bonds is 2. The topological polar surface area (TPSA) is 75.4 Å². The maximum Gasteiger partial charge on any atom is 0.261 e. The zero-order valence-electron chi connectivity index (χ0n) is 11.4. The summed E-state index contributed by atoms with van der Waals surface area (Å²) < 4.78 is 4.98. The molecule has 0 unspecified atom stereocenters. The third-order valence-corrected chi connectivity index (χ3v) is 3.05. The summed E-state index contributed by atoms with van der Waals surface area (Å²) in [5, 5.41) is 16.2. The molecule has 0 atom stereocenters. The molecule has 0 aliphatic carbocycles. The smallest absolute Gasteiger partial charge is 0.261 e. The number of hydrogen-bond donors (Lipinski definition) is 2. The second-order valence-corrected chi connectivity index (χ2v) is 4.61. The third kappa shape index (κ3) is 2.45. The number of phenolic OH excluding ortho intramolecular Hbond substituents is 1. The van der Waals surface area contributed by atoms with Crippen LogP contribution in [0.2, 0.25) is 0 Å². The van der Waals surface area contributed by atoms with Gasteiger partial charge in [0.25, 0.3) is 5.91 Å². The van der Waals surface area contributed by atoms with Crippen molar-refractivity contribution < 1.29 is 14.4 Å². The van der Waals surface area contributed by atoms with Gasteiger partial charge in [-0.3, -0.25) is 4.79 Å². The van der Waals surface area contributed by atoms with Crippen molar-refractivity contribution in [1.82, 2.24) is 5.16 Å². The highest BCUT2D eigenvalue weighted by Gasteiger charge is 2.18. The molecule has 2 aromatic rings. The molecule has 0 radical (unpaired) electrons. The van der Waals surface area contributed by atoms with Gasteiger partial charge in [-0.15, -0.1) is 0 Å². The highest BCUT2D eigenvalue weighted by Crippen LogP contribution is 2.26. The molecule has 1 amide bonds. The summed E-state index contributed by atoms with van der Waals surface area (Å²) in [5.74, 6) is 0.445. The van der Waals surface area contributed by atoms with Gasteiger partial charge in [0.05, 0.1) is 5.69 Å². The maximum absolute atomic E-state index is 12.2. The lowest BCUT2D eigenvalue weighted by molar-refractivity contribution is 0.102. The van der Waals surface area contributed by atoms with Gasteiger partial charge in [-0.1, -0.05) is 5.16 Å². The Hall–Kier alpha value is -2.30. The highest BCUT2D eigenvalue weighted by atomic mass is 16.5. The molecule has 0 aliphatic heterocycles. The summed E-state index contributed by atoms with van der Waals surface area (Å²) in [7, 11) is 0. The van der Waals surface area contributed by atoms with Crippen LogP contribution in [0.4, 0.5) is 5.69 Å². The Bertz CT molecular complexity index is 625. The van der Waals surface area contributed by atoms with Gasteiger partial charge in [0.15, 0.2) is 0 Å². The van der Waals surface area contributed by atoms with E-state index in [0.717, 1.165) is 5.56 Å². The predicted molar refractivity (Wildman–Crippen MR) is 71.5 cm³/mol. The van der Waals surface area contributed by atoms with Crippen molar-refractivity contribution in [2.45, 2.75) is 27.7 Å². The molecule has 0 aliphatic rings. The number of amides is 1. The summed E-state index contributed by atoms with van der Waals surface area (Å²) in [6.07, 6.45) is 0. The molecule has 0 fully saturated rings. The molecular weight excluding hydrogens is 244 g/mol. The number of nitrogens with zero attached hydrogens (tertiary/aromatic N) is 1. The number of nitrogens with one attached hydrogen (secondary N) is 1. The van der Waals surface area contributed by atoms with Crippen LogP contribution in [0.5, 0.6) is 5.75 Å². The van der Waals surface area contributed by atoms with Crippen LogP contribution in [-0.2, 0) is 0 Å². The number of benzene rings is 1. The van der Waals surface area contributed by atoms with Gasteiger partial charge in [-0.2, -0.15) is 0 Å². The van der Waals surface area contributed by atoms with E-state index in [0.29, 0.717) is 28.3 Å². The van der Waals surface area contributed by atoms with Crippen LogP contribution in [0, 0.1) is 27.7 Å². The molecule has 2 rings (SSSR count). The van der Waals surface area contributed by atoms with Gasteiger partial charge in [-0.25, -0.2) is 0 Å². The molecule has 1 heterocycles. The van der Waals surface area contributed by atoms with Crippen molar-refractivity contribution in [3.63, 3.8) is 0 Å². The van der Waals surface area contributed by atoms with Crippen molar-refractivity contribution >= 4 is 11.6 Å². The van der Waals surface area contributed by atoms with Crippen molar-refractivity contribution in [2.24, 2.45) is 0 Å². The van der Waals surface area contributed by atoms with E-state index in [1.165, 1.54) is 0 Å². The zero-order valence-corrected chi connectivity index (χ0v) is 11.4. The van der Waals surface area contributed by atoms with Crippen molar-refractivity contribution in [3.8, 4) is 5.75 Å². The minimum Gasteiger partial charge on any atom is -0.508 e. The summed E-state index contributed by atoms with van der Waals surface area (Å²) >= 11 is 0. The summed E-state index contributed by atoms with van der Waals surface area (Å²) in [4.78, 5) is 12.2. The average Bonchev–Trinajstić information content (AvgIpc) is 2.66. The van der Waals surface area contributed by atoms with Crippen LogP contribution in [0.1, 0.15) is 32.9 Å². The quantitative estimate of drug-likeness (QED) is 0.814. The van der Waals surface area contributed by atoms with E-state index >= 15 is 0 Å². The van der Waals surface area contributed by atoms with Crippen LogP contribution in [0.15, 0.2) is 16.7 Å². The van der Waals surface area contributed by atoms with Crippen LogP contribution >= 0.6 is 0 Å². The first-order chi connectivity index (χ1) is 8.90. The van der Waals surface area contributed by atoms with Crippen molar-refractivity contribution in [1.29, 1.82) is 0 Å². The van der Waals surface area contributed by atoms with E-state index in [9.17, 15) is 9.90 Å². The van der Waals surface area contributed by atoms with E-state index in [-0.39, 0.29) is 11.7 Å². The number of aryl methyl sites for hydroxylation is 4. The van der Waals surface area contributed by atoms with E-state index in [2.05, 4.69) is 10.5 Å². The van der Waals surface area contributed by atoms with Crippen LogP contribution in [0.25, 0.3) is 0 Å². The van der Waals surface area contributed by atoms with Crippen LogP contribution in [-0.4, -0.2) is 16.2 Å². The molecule has 100 valence electrons. The van der Waals surface area contributed by atoms with E-state index in [1.807, 2.05) is 6.92 Å². The first kappa shape index (κ1) is 13.1. The number of carbonyl (C=O) groups is 1. The Kier molecular flexibility index (Phi) is 3.29. The normalized spacial score (nSPS) is 10.5. The highest BCUT2D eigenvalue weighted by molar-refractivity contribution is 6.06. The monoisotopic (exact) mass is 260 g/mol. The van der Waals surface area contributed by atoms with E-state index in [4.69, 9.17) is 4.52 Å². The Morgan fingerprint density at radius 2 is 1.89 bits per heavy atom. The molecule has 0 saturated carbocycles. The molecule has 19 heavy (non-hydrogen) atoms. The Morgan fingerprint density at radius 1 is 1.21 bits per heavy atom. The van der Waals surface area contributed by atoms with Gasteiger partial charge in [-0.05, 0) is 51.0 Å². The first-order valence-corrected chi connectivity index (χ1v) is 5.94. The van der Waals surface area contributed by atoms with Gasteiger partial charge in [0.1, 0.15) is 17.1 Å². The number of aromatic hydroxyl groups is 1. The van der Waals surface area contributed by atoms with Gasteiger partial charge < -0.3 is 14.9 Å². The lowest BCUT2D eigenvalue weighted by Gasteiger charge is -2.10. The predicted octanol–water partition coefficient (Wildman–Crippen LogP) is 2.87. The fraction of sp³-hybridized carbons (Fsp3) is 0.286. The van der Waals surface area contributed by atoms with Crippen molar-refractivity contribution in [3.05, 3.63) is 40.3 Å². The summed E-state index contributed by atoms with van der Waals surface area (Å²) in [5.41, 5.74) is 3.18. The molecule has 2 N–H and O–H groups in total. The molecule has 5 heteroatoms. The average molecular weight is 260 g/mol. The number of phenols is 1. The first-order valence-electron chi connectivity index (χ1n) is 5.94. The fourth-order valence-corrected chi connectivity index (χ4v) is 1.93. The van der Waals surface area contributed by atoms with Crippen LogP contribution in [0.3, 0.4) is 0 Å². The Morgan fingerprint density at radius 3 is 2.47 bits per heavy atom. The second kappa shape index (κ2) is 4.76. The van der Waals surface area contributed by atoms with Gasteiger partial charge in [0.2, 0.25) is 0 Å². The standard InChI is InChI=1S/C14H16N2O3/c1-7-6-12(17)8(2)5-11(7)15-14(18)13-9(3)16-19-10(13)4/h5-6,17H,1-4H3,(H,15,18). The second-order valence-electron chi connectivity index (χ2n) is 4.61. The lowest BCUT2D eigenvalue weighted by atomic mass is 10.1.